The van der Waals surface area contributed by atoms with Crippen LogP contribution in [0.25, 0.3) is 0 Å². The van der Waals surface area contributed by atoms with Gasteiger partial charge >= 0.3 is 5.97 Å². The molecule has 2 aromatic rings. The number of carbonyl (C=O) groups is 3. The first-order valence-electron chi connectivity index (χ1n) is 9.94. The van der Waals surface area contributed by atoms with Gasteiger partial charge in [-0.2, -0.15) is 0 Å². The number of amides is 2. The number of anilines is 1. The summed E-state index contributed by atoms with van der Waals surface area (Å²) in [4.78, 5) is 51.4. The molecule has 2 aliphatic rings. The fourth-order valence-corrected chi connectivity index (χ4v) is 4.19. The van der Waals surface area contributed by atoms with Gasteiger partial charge in [-0.15, -0.1) is 0 Å². The minimum Gasteiger partial charge on any atom is -0.461 e. The number of hydrogen-bond acceptors (Lipinski definition) is 6. The van der Waals surface area contributed by atoms with Crippen LogP contribution in [-0.4, -0.2) is 39.8 Å². The Kier molecular flexibility index (Phi) is 5.18. The van der Waals surface area contributed by atoms with Gasteiger partial charge in [-0.3, -0.25) is 29.4 Å². The van der Waals surface area contributed by atoms with Crippen molar-refractivity contribution in [1.82, 2.24) is 4.90 Å². The maximum atomic E-state index is 13.1. The highest BCUT2D eigenvalue weighted by atomic mass is 16.6. The Morgan fingerprint density at radius 1 is 1.16 bits per heavy atom. The third kappa shape index (κ3) is 3.63. The lowest BCUT2D eigenvalue weighted by molar-refractivity contribution is -0.384. The maximum Gasteiger partial charge on any atom is 0.307 e. The second-order valence-corrected chi connectivity index (χ2v) is 7.75. The topological polar surface area (TPSA) is 110 Å². The van der Waals surface area contributed by atoms with Crippen molar-refractivity contribution in [3.8, 4) is 0 Å². The Bertz CT molecular complexity index is 1070. The summed E-state index contributed by atoms with van der Waals surface area (Å²) < 4.78 is 5.26. The van der Waals surface area contributed by atoms with Crippen LogP contribution in [0.2, 0.25) is 0 Å². The molecule has 2 aromatic carbocycles. The van der Waals surface area contributed by atoms with Gasteiger partial charge < -0.3 is 9.64 Å². The summed E-state index contributed by atoms with van der Waals surface area (Å²) in [6.45, 7) is 1.94. The van der Waals surface area contributed by atoms with Crippen molar-refractivity contribution >= 4 is 29.2 Å². The lowest BCUT2D eigenvalue weighted by atomic mass is 9.98. The standard InChI is InChI=1S/C22H21N3O6/c1-22-12-10-19(26)24(22)18-5-3-2-4-17(18)21(28)23(22)13-11-20(27)31-14-15-6-8-16(9-7-15)25(29)30/h2-9H,10-14H2,1H3. The minimum atomic E-state index is -0.818. The summed E-state index contributed by atoms with van der Waals surface area (Å²) in [5, 5.41) is 10.7. The molecule has 9 heteroatoms. The summed E-state index contributed by atoms with van der Waals surface area (Å²) in [5.41, 5.74) is 0.814. The molecule has 1 saturated heterocycles. The zero-order chi connectivity index (χ0) is 22.2. The quantitative estimate of drug-likeness (QED) is 0.401. The number of para-hydroxylation sites is 1. The van der Waals surface area contributed by atoms with Gasteiger partial charge in [0.25, 0.3) is 11.6 Å². The lowest BCUT2D eigenvalue weighted by Gasteiger charge is -2.48. The number of hydrogen-bond donors (Lipinski definition) is 0. The van der Waals surface area contributed by atoms with E-state index in [1.807, 2.05) is 6.92 Å². The second-order valence-electron chi connectivity index (χ2n) is 7.75. The van der Waals surface area contributed by atoms with E-state index >= 15 is 0 Å². The number of ether oxygens (including phenoxy) is 1. The highest BCUT2D eigenvalue weighted by molar-refractivity contribution is 6.10. The van der Waals surface area contributed by atoms with Crippen molar-refractivity contribution in [3.05, 3.63) is 69.8 Å². The number of fused-ring (bicyclic) bond motifs is 3. The molecule has 0 spiro atoms. The van der Waals surface area contributed by atoms with Gasteiger partial charge in [0.15, 0.2) is 0 Å². The largest absolute Gasteiger partial charge is 0.461 e. The zero-order valence-electron chi connectivity index (χ0n) is 16.9. The van der Waals surface area contributed by atoms with Gasteiger partial charge in [0.05, 0.1) is 22.6 Å². The van der Waals surface area contributed by atoms with E-state index in [9.17, 15) is 24.5 Å². The molecule has 0 bridgehead atoms. The van der Waals surface area contributed by atoms with Crippen LogP contribution in [0.15, 0.2) is 48.5 Å². The highest BCUT2D eigenvalue weighted by Crippen LogP contribution is 2.43. The Balaban J connectivity index is 1.43. The van der Waals surface area contributed by atoms with Crippen molar-refractivity contribution < 1.29 is 24.0 Å². The van der Waals surface area contributed by atoms with E-state index < -0.39 is 16.6 Å². The second kappa shape index (κ2) is 7.82. The Hall–Kier alpha value is -3.75. The molecule has 2 amide bonds. The van der Waals surface area contributed by atoms with Crippen LogP contribution < -0.4 is 4.90 Å². The van der Waals surface area contributed by atoms with E-state index in [0.717, 1.165) is 0 Å². The molecule has 4 rings (SSSR count). The van der Waals surface area contributed by atoms with E-state index in [-0.39, 0.29) is 37.1 Å². The minimum absolute atomic E-state index is 0.0184. The molecule has 0 aromatic heterocycles. The molecule has 0 saturated carbocycles. The van der Waals surface area contributed by atoms with Gasteiger partial charge in [-0.25, -0.2) is 0 Å². The molecule has 2 heterocycles. The molecule has 1 atom stereocenters. The monoisotopic (exact) mass is 423 g/mol. The number of nitro groups is 1. The number of non-ortho nitro benzene ring substituents is 1. The van der Waals surface area contributed by atoms with E-state index in [0.29, 0.717) is 29.7 Å². The predicted molar refractivity (Wildman–Crippen MR) is 110 cm³/mol. The summed E-state index contributed by atoms with van der Waals surface area (Å²) in [6, 6.07) is 12.7. The lowest BCUT2D eigenvalue weighted by Crippen LogP contribution is -2.62. The first-order chi connectivity index (χ1) is 14.8. The number of carbonyl (C=O) groups excluding carboxylic acids is 3. The van der Waals surface area contributed by atoms with Crippen LogP contribution in [0.5, 0.6) is 0 Å². The van der Waals surface area contributed by atoms with Gasteiger partial charge in [-0.05, 0) is 43.2 Å². The SMILES string of the molecule is CC12CCC(=O)N1c1ccccc1C(=O)N2CCC(=O)OCc1ccc([N+](=O)[O-])cc1. The number of rotatable bonds is 6. The number of benzene rings is 2. The predicted octanol–water partition coefficient (Wildman–Crippen LogP) is 3.03. The van der Waals surface area contributed by atoms with E-state index in [4.69, 9.17) is 4.74 Å². The molecule has 1 fully saturated rings. The van der Waals surface area contributed by atoms with E-state index in [2.05, 4.69) is 0 Å². The molecule has 0 N–H and O–H groups in total. The van der Waals surface area contributed by atoms with Crippen molar-refractivity contribution in [2.24, 2.45) is 0 Å². The third-order valence-electron chi connectivity index (χ3n) is 5.83. The van der Waals surface area contributed by atoms with Crippen LogP contribution in [-0.2, 0) is 20.9 Å². The molecule has 2 aliphatic heterocycles. The van der Waals surface area contributed by atoms with Gasteiger partial charge in [-0.1, -0.05) is 12.1 Å². The smallest absolute Gasteiger partial charge is 0.307 e. The third-order valence-corrected chi connectivity index (χ3v) is 5.83. The first kappa shape index (κ1) is 20.5. The number of esters is 1. The summed E-state index contributed by atoms with van der Waals surface area (Å²) >= 11 is 0. The summed E-state index contributed by atoms with van der Waals surface area (Å²) in [6.07, 6.45) is 0.793. The molecule has 160 valence electrons. The fourth-order valence-electron chi connectivity index (χ4n) is 4.19. The van der Waals surface area contributed by atoms with Gasteiger partial charge in [0.1, 0.15) is 12.3 Å². The Morgan fingerprint density at radius 3 is 2.58 bits per heavy atom. The van der Waals surface area contributed by atoms with Crippen molar-refractivity contribution in [3.63, 3.8) is 0 Å². The Labute approximate surface area is 178 Å². The number of nitrogens with zero attached hydrogens (tertiary/aromatic N) is 3. The Morgan fingerprint density at radius 2 is 1.87 bits per heavy atom. The zero-order valence-corrected chi connectivity index (χ0v) is 16.9. The molecule has 1 unspecified atom stereocenters. The molecule has 0 aliphatic carbocycles. The molecular weight excluding hydrogens is 402 g/mol. The molecular formula is C22H21N3O6. The van der Waals surface area contributed by atoms with Gasteiger partial charge in [0.2, 0.25) is 5.91 Å². The average molecular weight is 423 g/mol. The van der Waals surface area contributed by atoms with Crippen LogP contribution in [0.4, 0.5) is 11.4 Å². The van der Waals surface area contributed by atoms with Crippen LogP contribution in [0.1, 0.15) is 42.1 Å². The van der Waals surface area contributed by atoms with Crippen molar-refractivity contribution in [2.45, 2.75) is 38.5 Å². The maximum absolute atomic E-state index is 13.1. The highest BCUT2D eigenvalue weighted by Gasteiger charge is 2.52. The van der Waals surface area contributed by atoms with E-state index in [1.54, 1.807) is 34.1 Å². The van der Waals surface area contributed by atoms with Crippen molar-refractivity contribution in [2.75, 3.05) is 11.4 Å². The molecule has 9 nitrogen and oxygen atoms in total. The van der Waals surface area contributed by atoms with Crippen LogP contribution >= 0.6 is 0 Å². The van der Waals surface area contributed by atoms with Crippen molar-refractivity contribution in [1.29, 1.82) is 0 Å². The normalized spacial score (nSPS) is 19.8. The fraction of sp³-hybridized carbons (Fsp3) is 0.318. The molecule has 31 heavy (non-hydrogen) atoms. The average Bonchev–Trinajstić information content (AvgIpc) is 3.07. The van der Waals surface area contributed by atoms with Gasteiger partial charge in [0, 0.05) is 25.1 Å². The van der Waals surface area contributed by atoms with E-state index in [1.165, 1.54) is 24.3 Å². The molecule has 0 radical (unpaired) electrons. The van der Waals surface area contributed by atoms with Crippen LogP contribution in [0, 0.1) is 10.1 Å². The first-order valence-corrected chi connectivity index (χ1v) is 9.94. The van der Waals surface area contributed by atoms with Crippen LogP contribution in [0.3, 0.4) is 0 Å². The summed E-state index contributed by atoms with van der Waals surface area (Å²) in [7, 11) is 0. The summed E-state index contributed by atoms with van der Waals surface area (Å²) in [5.74, 6) is -0.759. The number of nitro benzene ring substituents is 1.